The van der Waals surface area contributed by atoms with Gasteiger partial charge in [0.1, 0.15) is 5.75 Å². The number of sulfone groups is 1. The maximum atomic E-state index is 13.5. The molecule has 1 saturated carbocycles. The Hall–Kier alpha value is -3.28. The lowest BCUT2D eigenvalue weighted by Crippen LogP contribution is -2.23. The molecule has 2 aromatic carbocycles. The van der Waals surface area contributed by atoms with Crippen LogP contribution in [0.4, 0.5) is 5.13 Å². The van der Waals surface area contributed by atoms with Crippen LogP contribution in [-0.2, 0) is 19.4 Å². The van der Waals surface area contributed by atoms with Crippen LogP contribution < -0.4 is 10.1 Å². The van der Waals surface area contributed by atoms with Crippen LogP contribution in [0.5, 0.6) is 10.8 Å². The number of carbonyl (C=O) groups is 2. The van der Waals surface area contributed by atoms with E-state index in [0.29, 0.717) is 46.0 Å². The molecule has 2 aliphatic rings. The molecule has 3 aromatic rings. The Morgan fingerprint density at radius 2 is 1.74 bits per heavy atom. The van der Waals surface area contributed by atoms with Crippen molar-refractivity contribution >= 4 is 38.2 Å². The number of carboxylic acids is 1. The molecular weight excluding hydrogens is 540 g/mol. The summed E-state index contributed by atoms with van der Waals surface area (Å²) in [5.74, 6) is -0.767. The zero-order chi connectivity index (χ0) is 27.4. The summed E-state index contributed by atoms with van der Waals surface area (Å²) in [6.45, 7) is 1.46. The van der Waals surface area contributed by atoms with Gasteiger partial charge in [0, 0.05) is 13.2 Å². The Labute approximate surface area is 231 Å². The predicted octanol–water partition coefficient (Wildman–Crippen LogP) is 5.50. The number of hydrogen-bond donors (Lipinski definition) is 2. The van der Waals surface area contributed by atoms with Gasteiger partial charge in [0.2, 0.25) is 11.0 Å². The van der Waals surface area contributed by atoms with Crippen LogP contribution in [-0.4, -0.2) is 48.8 Å². The number of ether oxygens (including phenoxy) is 2. The number of anilines is 1. The number of rotatable bonds is 11. The lowest BCUT2D eigenvalue weighted by atomic mass is 9.87. The molecule has 1 amide bonds. The molecule has 0 radical (unpaired) electrons. The number of carbonyl (C=O) groups excluding carboxylic acids is 1. The minimum absolute atomic E-state index is 0.157. The minimum Gasteiger partial charge on any atom is -0.478 e. The number of aromatic carboxylic acids is 1. The Kier molecular flexibility index (Phi) is 8.29. The fraction of sp³-hybridized carbons (Fsp3) is 0.393. The van der Waals surface area contributed by atoms with Crippen LogP contribution in [0, 0.1) is 5.92 Å². The third kappa shape index (κ3) is 6.84. The molecule has 1 aliphatic carbocycles. The molecule has 11 heteroatoms. The van der Waals surface area contributed by atoms with Gasteiger partial charge >= 0.3 is 5.97 Å². The van der Waals surface area contributed by atoms with Crippen molar-refractivity contribution in [2.24, 2.45) is 5.92 Å². The third-order valence-electron chi connectivity index (χ3n) is 7.13. The largest absolute Gasteiger partial charge is 0.478 e. The molecule has 0 bridgehead atoms. The van der Waals surface area contributed by atoms with Gasteiger partial charge < -0.3 is 19.9 Å². The Bertz CT molecular complexity index is 1410. The van der Waals surface area contributed by atoms with Gasteiger partial charge in [-0.1, -0.05) is 23.5 Å². The van der Waals surface area contributed by atoms with Crippen molar-refractivity contribution in [3.05, 3.63) is 65.9 Å². The van der Waals surface area contributed by atoms with E-state index in [1.165, 1.54) is 18.3 Å². The van der Waals surface area contributed by atoms with E-state index in [4.69, 9.17) is 14.6 Å². The smallest absolute Gasteiger partial charge is 0.335 e. The first-order chi connectivity index (χ1) is 18.8. The molecule has 1 atom stereocenters. The van der Waals surface area contributed by atoms with Crippen LogP contribution in [0.2, 0.25) is 0 Å². The Morgan fingerprint density at radius 3 is 2.38 bits per heavy atom. The summed E-state index contributed by atoms with van der Waals surface area (Å²) in [5, 5.41) is 12.5. The maximum absolute atomic E-state index is 13.5. The van der Waals surface area contributed by atoms with Crippen molar-refractivity contribution in [1.82, 2.24) is 4.98 Å². The molecule has 0 spiro atoms. The van der Waals surface area contributed by atoms with E-state index < -0.39 is 21.7 Å². The van der Waals surface area contributed by atoms with Crippen LogP contribution in [0.1, 0.15) is 60.4 Å². The highest BCUT2D eigenvalue weighted by atomic mass is 32.2. The Balaban J connectivity index is 1.28. The van der Waals surface area contributed by atoms with Gasteiger partial charge in [-0.2, -0.15) is 0 Å². The normalized spacial score (nSPS) is 16.9. The molecule has 0 unspecified atom stereocenters. The summed E-state index contributed by atoms with van der Waals surface area (Å²) in [6, 6.07) is 12.7. The lowest BCUT2D eigenvalue weighted by Gasteiger charge is -2.24. The molecule has 1 saturated heterocycles. The van der Waals surface area contributed by atoms with Gasteiger partial charge in [0.05, 0.1) is 27.8 Å². The van der Waals surface area contributed by atoms with E-state index in [-0.39, 0.29) is 16.7 Å². The predicted molar refractivity (Wildman–Crippen MR) is 146 cm³/mol. The quantitative estimate of drug-likeness (QED) is 0.309. The van der Waals surface area contributed by atoms with Crippen LogP contribution >= 0.6 is 11.3 Å². The van der Waals surface area contributed by atoms with E-state index in [1.54, 1.807) is 36.4 Å². The highest BCUT2D eigenvalue weighted by Crippen LogP contribution is 2.36. The summed E-state index contributed by atoms with van der Waals surface area (Å²) in [7, 11) is -3.30. The first-order valence-corrected chi connectivity index (χ1v) is 15.4. The average molecular weight is 571 g/mol. The van der Waals surface area contributed by atoms with Crippen molar-refractivity contribution in [2.45, 2.75) is 54.6 Å². The molecular formula is C28H30N2O7S2. The van der Waals surface area contributed by atoms with E-state index in [2.05, 4.69) is 10.3 Å². The number of thiazole rings is 1. The maximum Gasteiger partial charge on any atom is 0.335 e. The SMILES string of the molecule is O=C(O)c1ccc(Oc2cnc(NC(=O)[C@H](CCC3CCOCC3)c3ccc(S(=O)(=O)C4CC4)cc3)s2)cc1. The second-order valence-electron chi connectivity index (χ2n) is 9.90. The van der Waals surface area contributed by atoms with Crippen molar-refractivity contribution < 1.29 is 32.6 Å². The summed E-state index contributed by atoms with van der Waals surface area (Å²) in [5.41, 5.74) is 0.922. The second kappa shape index (κ2) is 11.8. The number of nitrogens with zero attached hydrogens (tertiary/aromatic N) is 1. The van der Waals surface area contributed by atoms with Crippen molar-refractivity contribution in [2.75, 3.05) is 18.5 Å². The van der Waals surface area contributed by atoms with E-state index in [1.807, 2.05) is 0 Å². The van der Waals surface area contributed by atoms with Crippen LogP contribution in [0.15, 0.2) is 59.6 Å². The molecule has 39 heavy (non-hydrogen) atoms. The van der Waals surface area contributed by atoms with Crippen molar-refractivity contribution in [3.8, 4) is 10.8 Å². The van der Waals surface area contributed by atoms with Gasteiger partial charge in [-0.05, 0) is 86.4 Å². The second-order valence-corrected chi connectivity index (χ2v) is 13.1. The number of amides is 1. The highest BCUT2D eigenvalue weighted by molar-refractivity contribution is 7.92. The summed E-state index contributed by atoms with van der Waals surface area (Å²) in [6.07, 6.45) is 6.32. The highest BCUT2D eigenvalue weighted by Gasteiger charge is 2.37. The number of hydrogen-bond acceptors (Lipinski definition) is 8. The number of nitrogens with one attached hydrogen (secondary N) is 1. The fourth-order valence-corrected chi connectivity index (χ4v) is 7.03. The Morgan fingerprint density at radius 1 is 1.05 bits per heavy atom. The van der Waals surface area contributed by atoms with Gasteiger partial charge in [-0.3, -0.25) is 4.79 Å². The number of carboxylic acid groups (broad SMARTS) is 1. The average Bonchev–Trinajstić information content (AvgIpc) is 3.72. The molecule has 2 heterocycles. The van der Waals surface area contributed by atoms with Crippen molar-refractivity contribution in [3.63, 3.8) is 0 Å². The fourth-order valence-electron chi connectivity index (χ4n) is 4.69. The monoisotopic (exact) mass is 570 g/mol. The van der Waals surface area contributed by atoms with Crippen molar-refractivity contribution in [1.29, 1.82) is 0 Å². The zero-order valence-electron chi connectivity index (χ0n) is 21.2. The molecule has 1 aliphatic heterocycles. The number of aromatic nitrogens is 1. The van der Waals surface area contributed by atoms with Gasteiger partial charge in [0.15, 0.2) is 15.0 Å². The van der Waals surface area contributed by atoms with E-state index in [9.17, 15) is 18.0 Å². The number of benzene rings is 2. The summed E-state index contributed by atoms with van der Waals surface area (Å²) >= 11 is 1.16. The van der Waals surface area contributed by atoms with Crippen LogP contribution in [0.25, 0.3) is 0 Å². The van der Waals surface area contributed by atoms with E-state index in [0.717, 1.165) is 49.4 Å². The first kappa shape index (κ1) is 27.3. The summed E-state index contributed by atoms with van der Waals surface area (Å²) < 4.78 is 36.5. The van der Waals surface area contributed by atoms with Gasteiger partial charge in [-0.15, -0.1) is 0 Å². The molecule has 5 rings (SSSR count). The lowest BCUT2D eigenvalue weighted by molar-refractivity contribution is -0.117. The molecule has 2 fully saturated rings. The van der Waals surface area contributed by atoms with E-state index >= 15 is 0 Å². The summed E-state index contributed by atoms with van der Waals surface area (Å²) in [4.78, 5) is 29.1. The first-order valence-electron chi connectivity index (χ1n) is 13.0. The minimum atomic E-state index is -3.30. The molecule has 206 valence electrons. The van der Waals surface area contributed by atoms with Gasteiger partial charge in [0.25, 0.3) is 0 Å². The molecule has 2 N–H and O–H groups in total. The zero-order valence-corrected chi connectivity index (χ0v) is 22.9. The molecule has 9 nitrogen and oxygen atoms in total. The third-order valence-corrected chi connectivity index (χ3v) is 10.2. The topological polar surface area (TPSA) is 132 Å². The standard InChI is InChI=1S/C28H30N2O7S2/c31-26(30-28-29-17-25(38-28)37-21-6-2-20(3-7-21)27(32)33)24(12-1-18-13-15-36-16-14-18)19-4-8-22(9-5-19)39(34,35)23-10-11-23/h2-9,17-18,23-24H,1,10-16H2,(H,32,33)(H,29,30,31)/t24-/m1/s1. The van der Waals surface area contributed by atoms with Gasteiger partial charge in [-0.25, -0.2) is 18.2 Å². The molecule has 1 aromatic heterocycles. The van der Waals surface area contributed by atoms with Crippen LogP contribution in [0.3, 0.4) is 0 Å².